The highest BCUT2D eigenvalue weighted by molar-refractivity contribution is 7.13. The van der Waals surface area contributed by atoms with Gasteiger partial charge < -0.3 is 14.4 Å². The maximum Gasteiger partial charge on any atom is 0.236 e. The highest BCUT2D eigenvalue weighted by Crippen LogP contribution is 2.29. The number of oxazole rings is 1. The fraction of sp³-hybridized carbons (Fsp3) is 0.500. The van der Waals surface area contributed by atoms with Crippen LogP contribution in [0.1, 0.15) is 25.3 Å². The molecule has 0 aromatic carbocycles. The lowest BCUT2D eigenvalue weighted by Crippen LogP contribution is -2.57. The molecule has 1 aliphatic heterocycles. The number of aromatic nitrogens is 1. The number of carbonyl (C=O) groups excluding carboxylic acids is 1. The summed E-state index contributed by atoms with van der Waals surface area (Å²) in [5.41, 5.74) is -0.0347. The van der Waals surface area contributed by atoms with E-state index in [4.69, 9.17) is 4.42 Å². The first-order valence-electron chi connectivity index (χ1n) is 7.35. The molecular weight excluding hydrogens is 300 g/mol. The van der Waals surface area contributed by atoms with E-state index in [1.165, 1.54) is 0 Å². The maximum absolute atomic E-state index is 12.3. The molecule has 0 radical (unpaired) electrons. The Labute approximate surface area is 133 Å². The fourth-order valence-corrected chi connectivity index (χ4v) is 3.13. The normalized spacial score (nSPS) is 15.9. The van der Waals surface area contributed by atoms with E-state index < -0.39 is 5.60 Å². The smallest absolute Gasteiger partial charge is 0.236 e. The summed E-state index contributed by atoms with van der Waals surface area (Å²) in [5, 5.41) is 11.9. The molecule has 1 saturated heterocycles. The number of carbonyl (C=O) groups is 1. The summed E-state index contributed by atoms with van der Waals surface area (Å²) in [6.07, 6.45) is 0.249. The Hall–Kier alpha value is -1.66. The van der Waals surface area contributed by atoms with Crippen molar-refractivity contribution in [2.24, 2.45) is 5.92 Å². The van der Waals surface area contributed by atoms with Gasteiger partial charge in [-0.25, -0.2) is 4.98 Å². The average Bonchev–Trinajstić information content (AvgIpc) is 2.95. The predicted octanol–water partition coefficient (Wildman–Crippen LogP) is 2.48. The van der Waals surface area contributed by atoms with Crippen LogP contribution < -0.4 is 0 Å². The highest BCUT2D eigenvalue weighted by atomic mass is 32.1. The van der Waals surface area contributed by atoms with Crippen LogP contribution in [-0.2, 0) is 11.2 Å². The minimum atomic E-state index is -0.729. The molecule has 2 aromatic heterocycles. The number of aryl methyl sites for hydroxylation is 1. The summed E-state index contributed by atoms with van der Waals surface area (Å²) in [4.78, 5) is 19.5. The van der Waals surface area contributed by atoms with Gasteiger partial charge in [-0.1, -0.05) is 6.07 Å². The average molecular weight is 320 g/mol. The van der Waals surface area contributed by atoms with Crippen LogP contribution >= 0.6 is 11.3 Å². The molecule has 0 saturated carbocycles. The van der Waals surface area contributed by atoms with E-state index >= 15 is 0 Å². The van der Waals surface area contributed by atoms with E-state index in [-0.39, 0.29) is 18.2 Å². The van der Waals surface area contributed by atoms with E-state index in [0.29, 0.717) is 30.4 Å². The lowest BCUT2D eigenvalue weighted by atomic mass is 9.84. The molecule has 0 aliphatic carbocycles. The largest absolute Gasteiger partial charge is 0.440 e. The Kier molecular flexibility index (Phi) is 3.82. The van der Waals surface area contributed by atoms with Crippen LogP contribution in [0.4, 0.5) is 0 Å². The molecule has 1 amide bonds. The van der Waals surface area contributed by atoms with Crippen molar-refractivity contribution in [3.05, 3.63) is 29.0 Å². The van der Waals surface area contributed by atoms with E-state index in [1.54, 1.807) is 30.1 Å². The number of nitrogens with zero attached hydrogens (tertiary/aromatic N) is 2. The number of amides is 1. The van der Waals surface area contributed by atoms with Gasteiger partial charge in [0.15, 0.2) is 0 Å². The third-order valence-electron chi connectivity index (χ3n) is 4.18. The van der Waals surface area contributed by atoms with Crippen LogP contribution in [0.3, 0.4) is 0 Å². The highest BCUT2D eigenvalue weighted by Gasteiger charge is 2.39. The number of aliphatic hydroxyl groups is 1. The summed E-state index contributed by atoms with van der Waals surface area (Å²) >= 11 is 1.56. The SMILES string of the molecule is Cc1oc(-c2cccs2)nc1CC(=O)N1CC(C(C)(C)O)C1. The topological polar surface area (TPSA) is 66.6 Å². The van der Waals surface area contributed by atoms with E-state index in [1.807, 2.05) is 24.4 Å². The fourth-order valence-electron chi connectivity index (χ4n) is 2.48. The van der Waals surface area contributed by atoms with Crippen molar-refractivity contribution in [1.82, 2.24) is 9.88 Å². The molecule has 6 heteroatoms. The van der Waals surface area contributed by atoms with Crippen LogP contribution in [0.25, 0.3) is 10.8 Å². The lowest BCUT2D eigenvalue weighted by molar-refractivity contribution is -0.143. The Morgan fingerprint density at radius 3 is 2.86 bits per heavy atom. The first-order valence-corrected chi connectivity index (χ1v) is 8.23. The monoisotopic (exact) mass is 320 g/mol. The zero-order chi connectivity index (χ0) is 15.9. The maximum atomic E-state index is 12.3. The van der Waals surface area contributed by atoms with Crippen LogP contribution in [0, 0.1) is 12.8 Å². The zero-order valence-corrected chi connectivity index (χ0v) is 13.8. The Morgan fingerprint density at radius 2 is 2.27 bits per heavy atom. The minimum Gasteiger partial charge on any atom is -0.440 e. The first kappa shape index (κ1) is 15.2. The van der Waals surface area contributed by atoms with E-state index in [9.17, 15) is 9.90 Å². The first-order chi connectivity index (χ1) is 10.3. The van der Waals surface area contributed by atoms with Gasteiger partial charge >= 0.3 is 0 Å². The van der Waals surface area contributed by atoms with Gasteiger partial charge in [-0.15, -0.1) is 11.3 Å². The summed E-state index contributed by atoms with van der Waals surface area (Å²) in [7, 11) is 0. The van der Waals surface area contributed by atoms with Crippen LogP contribution in [0.5, 0.6) is 0 Å². The van der Waals surface area contributed by atoms with E-state index in [2.05, 4.69) is 4.98 Å². The van der Waals surface area contributed by atoms with Crippen molar-refractivity contribution < 1.29 is 14.3 Å². The number of thiophene rings is 1. The molecule has 1 N–H and O–H groups in total. The van der Waals surface area contributed by atoms with Crippen molar-refractivity contribution in [2.75, 3.05) is 13.1 Å². The van der Waals surface area contributed by atoms with Gasteiger partial charge in [0, 0.05) is 19.0 Å². The van der Waals surface area contributed by atoms with Gasteiger partial charge in [0.25, 0.3) is 0 Å². The quantitative estimate of drug-likeness (QED) is 0.940. The summed E-state index contributed by atoms with van der Waals surface area (Å²) in [5.74, 6) is 1.45. The van der Waals surface area contributed by atoms with Crippen LogP contribution in [-0.4, -0.2) is 39.6 Å². The molecule has 2 aromatic rings. The third-order valence-corrected chi connectivity index (χ3v) is 5.03. The summed E-state index contributed by atoms with van der Waals surface area (Å²) in [6, 6.07) is 3.89. The Morgan fingerprint density at radius 1 is 1.55 bits per heavy atom. The molecule has 118 valence electrons. The van der Waals surface area contributed by atoms with Crippen molar-refractivity contribution >= 4 is 17.2 Å². The summed E-state index contributed by atoms with van der Waals surface area (Å²) < 4.78 is 5.66. The second kappa shape index (κ2) is 5.52. The molecule has 0 unspecified atom stereocenters. The third kappa shape index (κ3) is 2.94. The zero-order valence-electron chi connectivity index (χ0n) is 13.0. The molecule has 0 spiro atoms. The van der Waals surface area contributed by atoms with Crippen molar-refractivity contribution in [2.45, 2.75) is 32.8 Å². The molecule has 1 aliphatic rings. The molecule has 3 rings (SSSR count). The van der Waals surface area contributed by atoms with Crippen molar-refractivity contribution in [1.29, 1.82) is 0 Å². The predicted molar refractivity (Wildman–Crippen MR) is 84.6 cm³/mol. The van der Waals surface area contributed by atoms with Crippen molar-refractivity contribution in [3.8, 4) is 10.8 Å². The second-order valence-corrected chi connectivity index (χ2v) is 7.27. The minimum absolute atomic E-state index is 0.0367. The molecule has 1 fully saturated rings. The Bertz CT molecular complexity index is 664. The molecule has 5 nitrogen and oxygen atoms in total. The van der Waals surface area contributed by atoms with Crippen LogP contribution in [0.2, 0.25) is 0 Å². The lowest BCUT2D eigenvalue weighted by Gasteiger charge is -2.45. The molecular formula is C16H20N2O3S. The number of rotatable bonds is 4. The molecule has 0 bridgehead atoms. The van der Waals surface area contributed by atoms with Gasteiger partial charge in [0.05, 0.1) is 22.6 Å². The second-order valence-electron chi connectivity index (χ2n) is 6.33. The van der Waals surface area contributed by atoms with Crippen LogP contribution in [0.15, 0.2) is 21.9 Å². The number of hydrogen-bond acceptors (Lipinski definition) is 5. The van der Waals surface area contributed by atoms with E-state index in [0.717, 1.165) is 4.88 Å². The van der Waals surface area contributed by atoms with Gasteiger partial charge in [-0.2, -0.15) is 0 Å². The van der Waals surface area contributed by atoms with Crippen molar-refractivity contribution in [3.63, 3.8) is 0 Å². The Balaban J connectivity index is 1.64. The molecule has 3 heterocycles. The summed E-state index contributed by atoms with van der Waals surface area (Å²) in [6.45, 7) is 6.62. The number of likely N-dealkylation sites (tertiary alicyclic amines) is 1. The van der Waals surface area contributed by atoms with Gasteiger partial charge in [-0.3, -0.25) is 4.79 Å². The van der Waals surface area contributed by atoms with Gasteiger partial charge in [0.1, 0.15) is 5.76 Å². The van der Waals surface area contributed by atoms with Gasteiger partial charge in [0.2, 0.25) is 11.8 Å². The number of hydrogen-bond donors (Lipinski definition) is 1. The molecule has 0 atom stereocenters. The molecule has 22 heavy (non-hydrogen) atoms. The standard InChI is InChI=1S/C16H20N2O3S/c1-10-12(17-15(21-10)13-5-4-6-22-13)7-14(19)18-8-11(9-18)16(2,3)20/h4-6,11,20H,7-9H2,1-3H3. The van der Waals surface area contributed by atoms with Gasteiger partial charge in [-0.05, 0) is 32.2 Å².